The number of amides is 1. The standard InChI is InChI=1S/C14H19ClN2O/c1-9-8-11(16)6-7-17(9)14(18)12-4-3-5-13(15)10(12)2/h3-5,9,11H,6-8,16H2,1-2H3. The van der Waals surface area contributed by atoms with Crippen molar-refractivity contribution in [2.75, 3.05) is 6.54 Å². The third-order valence-corrected chi connectivity index (χ3v) is 4.09. The minimum Gasteiger partial charge on any atom is -0.336 e. The summed E-state index contributed by atoms with van der Waals surface area (Å²) < 4.78 is 0. The van der Waals surface area contributed by atoms with Crippen molar-refractivity contribution in [2.24, 2.45) is 5.73 Å². The van der Waals surface area contributed by atoms with Gasteiger partial charge in [0.15, 0.2) is 0 Å². The predicted octanol–water partition coefficient (Wildman–Crippen LogP) is 2.60. The van der Waals surface area contributed by atoms with Crippen molar-refractivity contribution in [3.63, 3.8) is 0 Å². The van der Waals surface area contributed by atoms with E-state index in [1.54, 1.807) is 0 Å². The van der Waals surface area contributed by atoms with Gasteiger partial charge in [-0.25, -0.2) is 0 Å². The topological polar surface area (TPSA) is 46.3 Å². The number of hydrogen-bond donors (Lipinski definition) is 1. The summed E-state index contributed by atoms with van der Waals surface area (Å²) in [6.07, 6.45) is 1.74. The van der Waals surface area contributed by atoms with Gasteiger partial charge < -0.3 is 10.6 Å². The highest BCUT2D eigenvalue weighted by Crippen LogP contribution is 2.23. The number of halogens is 1. The smallest absolute Gasteiger partial charge is 0.254 e. The van der Waals surface area contributed by atoms with Crippen LogP contribution in [0.5, 0.6) is 0 Å². The Labute approximate surface area is 113 Å². The average molecular weight is 267 g/mol. The molecule has 3 nitrogen and oxygen atoms in total. The Balaban J connectivity index is 2.23. The van der Waals surface area contributed by atoms with E-state index in [9.17, 15) is 4.79 Å². The zero-order valence-corrected chi connectivity index (χ0v) is 11.6. The molecule has 0 spiro atoms. The average Bonchev–Trinajstić information content (AvgIpc) is 2.32. The lowest BCUT2D eigenvalue weighted by atomic mass is 9.97. The largest absolute Gasteiger partial charge is 0.336 e. The van der Waals surface area contributed by atoms with Crippen LogP contribution in [0.15, 0.2) is 18.2 Å². The van der Waals surface area contributed by atoms with E-state index in [0.29, 0.717) is 10.6 Å². The maximum atomic E-state index is 12.5. The van der Waals surface area contributed by atoms with Crippen molar-refractivity contribution in [3.8, 4) is 0 Å². The number of nitrogens with zero attached hydrogens (tertiary/aromatic N) is 1. The molecule has 1 aliphatic heterocycles. The summed E-state index contributed by atoms with van der Waals surface area (Å²) in [7, 11) is 0. The first-order chi connectivity index (χ1) is 8.50. The third-order valence-electron chi connectivity index (χ3n) is 3.68. The number of rotatable bonds is 1. The second kappa shape index (κ2) is 5.29. The van der Waals surface area contributed by atoms with Gasteiger partial charge >= 0.3 is 0 Å². The Bertz CT molecular complexity index is 461. The molecule has 1 amide bonds. The predicted molar refractivity (Wildman–Crippen MR) is 73.9 cm³/mol. The summed E-state index contributed by atoms with van der Waals surface area (Å²) >= 11 is 6.07. The number of benzene rings is 1. The monoisotopic (exact) mass is 266 g/mol. The Kier molecular flexibility index (Phi) is 3.93. The van der Waals surface area contributed by atoms with Crippen molar-refractivity contribution in [3.05, 3.63) is 34.3 Å². The fourth-order valence-electron chi connectivity index (χ4n) is 2.50. The van der Waals surface area contributed by atoms with Crippen LogP contribution >= 0.6 is 11.6 Å². The summed E-state index contributed by atoms with van der Waals surface area (Å²) in [5.41, 5.74) is 7.47. The summed E-state index contributed by atoms with van der Waals surface area (Å²) in [6.45, 7) is 4.67. The van der Waals surface area contributed by atoms with Gasteiger partial charge in [0, 0.05) is 29.2 Å². The lowest BCUT2D eigenvalue weighted by molar-refractivity contribution is 0.0618. The second-order valence-electron chi connectivity index (χ2n) is 5.04. The number of nitrogens with two attached hydrogens (primary N) is 1. The molecular weight excluding hydrogens is 248 g/mol. The maximum Gasteiger partial charge on any atom is 0.254 e. The van der Waals surface area contributed by atoms with Gasteiger partial charge in [0.1, 0.15) is 0 Å². The van der Waals surface area contributed by atoms with Crippen molar-refractivity contribution in [1.82, 2.24) is 4.90 Å². The molecule has 1 aromatic rings. The van der Waals surface area contributed by atoms with E-state index in [1.165, 1.54) is 0 Å². The summed E-state index contributed by atoms with van der Waals surface area (Å²) in [5, 5.41) is 0.641. The number of likely N-dealkylation sites (tertiary alicyclic amines) is 1. The minimum atomic E-state index is 0.0643. The van der Waals surface area contributed by atoms with Crippen LogP contribution in [0.2, 0.25) is 5.02 Å². The molecular formula is C14H19ClN2O. The second-order valence-corrected chi connectivity index (χ2v) is 5.45. The quantitative estimate of drug-likeness (QED) is 0.849. The molecule has 1 aromatic carbocycles. The van der Waals surface area contributed by atoms with Gasteiger partial charge in [0.25, 0.3) is 5.91 Å². The molecule has 1 aliphatic rings. The zero-order valence-electron chi connectivity index (χ0n) is 10.8. The van der Waals surface area contributed by atoms with Gasteiger partial charge in [0.2, 0.25) is 0 Å². The number of hydrogen-bond acceptors (Lipinski definition) is 2. The highest BCUT2D eigenvalue weighted by Gasteiger charge is 2.28. The molecule has 0 radical (unpaired) electrons. The van der Waals surface area contributed by atoms with Crippen LogP contribution in [-0.4, -0.2) is 29.4 Å². The van der Waals surface area contributed by atoms with Gasteiger partial charge in [-0.2, -0.15) is 0 Å². The number of carbonyl (C=O) groups excluding carboxylic acids is 1. The van der Waals surface area contributed by atoms with E-state index in [4.69, 9.17) is 17.3 Å². The van der Waals surface area contributed by atoms with Crippen LogP contribution in [0.4, 0.5) is 0 Å². The van der Waals surface area contributed by atoms with Gasteiger partial charge in [-0.3, -0.25) is 4.79 Å². The molecule has 1 heterocycles. The summed E-state index contributed by atoms with van der Waals surface area (Å²) in [4.78, 5) is 14.4. The van der Waals surface area contributed by atoms with E-state index in [0.717, 1.165) is 24.9 Å². The van der Waals surface area contributed by atoms with E-state index in [1.807, 2.05) is 30.0 Å². The maximum absolute atomic E-state index is 12.5. The highest BCUT2D eigenvalue weighted by molar-refractivity contribution is 6.31. The molecule has 2 rings (SSSR count). The molecule has 0 aliphatic carbocycles. The Morgan fingerprint density at radius 1 is 1.50 bits per heavy atom. The SMILES string of the molecule is Cc1c(Cl)cccc1C(=O)N1CCC(N)CC1C. The normalized spacial score (nSPS) is 24.1. The van der Waals surface area contributed by atoms with Crippen LogP contribution in [0, 0.1) is 6.92 Å². The lowest BCUT2D eigenvalue weighted by Crippen LogP contribution is -2.48. The molecule has 0 aromatic heterocycles. The van der Waals surface area contributed by atoms with Crippen molar-refractivity contribution >= 4 is 17.5 Å². The summed E-state index contributed by atoms with van der Waals surface area (Å²) in [6, 6.07) is 5.88. The van der Waals surface area contributed by atoms with E-state index < -0.39 is 0 Å². The Morgan fingerprint density at radius 2 is 2.22 bits per heavy atom. The molecule has 0 bridgehead atoms. The van der Waals surface area contributed by atoms with Crippen LogP contribution in [-0.2, 0) is 0 Å². The molecule has 2 atom stereocenters. The van der Waals surface area contributed by atoms with Crippen LogP contribution < -0.4 is 5.73 Å². The van der Waals surface area contributed by atoms with Crippen molar-refractivity contribution < 1.29 is 4.79 Å². The molecule has 2 unspecified atom stereocenters. The molecule has 18 heavy (non-hydrogen) atoms. The van der Waals surface area contributed by atoms with Crippen LogP contribution in [0.25, 0.3) is 0 Å². The fourth-order valence-corrected chi connectivity index (χ4v) is 2.68. The molecule has 2 N–H and O–H groups in total. The highest BCUT2D eigenvalue weighted by atomic mass is 35.5. The van der Waals surface area contributed by atoms with Crippen LogP contribution in [0.3, 0.4) is 0 Å². The molecule has 1 fully saturated rings. The summed E-state index contributed by atoms with van der Waals surface area (Å²) in [5.74, 6) is 0.0643. The molecule has 0 saturated carbocycles. The van der Waals surface area contributed by atoms with Gasteiger partial charge in [-0.1, -0.05) is 17.7 Å². The van der Waals surface area contributed by atoms with E-state index in [-0.39, 0.29) is 18.0 Å². The van der Waals surface area contributed by atoms with Crippen molar-refractivity contribution in [1.29, 1.82) is 0 Å². The van der Waals surface area contributed by atoms with Gasteiger partial charge in [0.05, 0.1) is 0 Å². The lowest BCUT2D eigenvalue weighted by Gasteiger charge is -2.36. The Morgan fingerprint density at radius 3 is 2.89 bits per heavy atom. The number of carbonyl (C=O) groups is 1. The molecule has 1 saturated heterocycles. The molecule has 98 valence electrons. The first kappa shape index (κ1) is 13.4. The fraction of sp³-hybridized carbons (Fsp3) is 0.500. The zero-order chi connectivity index (χ0) is 13.3. The Hall–Kier alpha value is -1.06. The van der Waals surface area contributed by atoms with E-state index in [2.05, 4.69) is 6.92 Å². The first-order valence-corrected chi connectivity index (χ1v) is 6.70. The van der Waals surface area contributed by atoms with Crippen molar-refractivity contribution in [2.45, 2.75) is 38.8 Å². The van der Waals surface area contributed by atoms with Crippen LogP contribution in [0.1, 0.15) is 35.7 Å². The molecule has 4 heteroatoms. The number of piperidine rings is 1. The van der Waals surface area contributed by atoms with E-state index >= 15 is 0 Å². The van der Waals surface area contributed by atoms with Gasteiger partial charge in [-0.05, 0) is 44.4 Å². The van der Waals surface area contributed by atoms with Gasteiger partial charge in [-0.15, -0.1) is 0 Å². The minimum absolute atomic E-state index is 0.0643. The third kappa shape index (κ3) is 2.52. The first-order valence-electron chi connectivity index (χ1n) is 6.32.